The van der Waals surface area contributed by atoms with Gasteiger partial charge in [-0.2, -0.15) is 0 Å². The number of aryl methyl sites for hydroxylation is 4. The first-order valence-corrected chi connectivity index (χ1v) is 27.8. The van der Waals surface area contributed by atoms with Crippen LogP contribution in [0.5, 0.6) is 0 Å². The second-order valence-electron chi connectivity index (χ2n) is 21.2. The van der Waals surface area contributed by atoms with Crippen molar-refractivity contribution in [3.05, 3.63) is 382 Å². The lowest BCUT2D eigenvalue weighted by molar-refractivity contribution is 0.745. The normalized spacial score (nSPS) is 11.5. The number of hydrogen-bond donors (Lipinski definition) is 0. The van der Waals surface area contributed by atoms with Gasteiger partial charge in [0.15, 0.2) is 0 Å². The van der Waals surface area contributed by atoms with Gasteiger partial charge in [-0.1, -0.05) is 265 Å². The van der Waals surface area contributed by atoms with Crippen LogP contribution in [-0.2, 0) is 10.8 Å². The number of hydrogen-bond acceptors (Lipinski definition) is 2. The summed E-state index contributed by atoms with van der Waals surface area (Å²) in [7, 11) is 0. The molecule has 0 aliphatic carbocycles. The van der Waals surface area contributed by atoms with E-state index in [4.69, 9.17) is 0 Å². The summed E-state index contributed by atoms with van der Waals surface area (Å²) in [6, 6.07) is 116. The Kier molecular flexibility index (Phi) is 14.2. The van der Waals surface area contributed by atoms with Gasteiger partial charge < -0.3 is 9.80 Å². The number of benzene rings is 12. The van der Waals surface area contributed by atoms with Crippen molar-refractivity contribution in [2.45, 2.75) is 38.5 Å². The Balaban J connectivity index is 0.889. The molecule has 0 saturated heterocycles. The van der Waals surface area contributed by atoms with Gasteiger partial charge in [0.05, 0.1) is 10.8 Å². The van der Waals surface area contributed by atoms with Crippen LogP contribution >= 0.6 is 0 Å². The van der Waals surface area contributed by atoms with Crippen molar-refractivity contribution in [3.63, 3.8) is 0 Å². The van der Waals surface area contributed by atoms with E-state index in [2.05, 4.69) is 353 Å². The monoisotopic (exact) mass is 1030 g/mol. The second kappa shape index (κ2) is 22.3. The number of rotatable bonds is 15. The van der Waals surface area contributed by atoms with Crippen LogP contribution in [0, 0.1) is 27.7 Å². The van der Waals surface area contributed by atoms with E-state index in [9.17, 15) is 0 Å². The molecular weight excluding hydrogens is 965 g/mol. The maximum absolute atomic E-state index is 2.37. The minimum atomic E-state index is -0.539. The molecule has 12 aromatic rings. The average Bonchev–Trinajstić information content (AvgIpc) is 3.45. The quantitative estimate of drug-likeness (QED) is 0.0944. The molecule has 0 unspecified atom stereocenters. The van der Waals surface area contributed by atoms with Gasteiger partial charge in [-0.3, -0.25) is 0 Å². The lowest BCUT2D eigenvalue weighted by atomic mass is 9.65. The summed E-state index contributed by atoms with van der Waals surface area (Å²) in [4.78, 5) is 4.73. The molecule has 0 N–H and O–H groups in total. The summed E-state index contributed by atoms with van der Waals surface area (Å²) >= 11 is 0. The molecule has 0 aliphatic rings. The summed E-state index contributed by atoms with van der Waals surface area (Å²) in [5.41, 5.74) is 22.4. The van der Waals surface area contributed by atoms with Crippen molar-refractivity contribution in [2.75, 3.05) is 9.80 Å². The smallest absolute Gasteiger partial charge is 0.0701 e. The molecule has 2 nitrogen and oxygen atoms in total. The van der Waals surface area contributed by atoms with Crippen molar-refractivity contribution >= 4 is 34.1 Å². The average molecular weight is 1030 g/mol. The summed E-state index contributed by atoms with van der Waals surface area (Å²) in [6.45, 7) is 8.60. The second-order valence-corrected chi connectivity index (χ2v) is 21.2. The topological polar surface area (TPSA) is 6.48 Å². The maximum atomic E-state index is 2.37. The Morgan fingerprint density at radius 3 is 0.562 bits per heavy atom. The van der Waals surface area contributed by atoms with Crippen LogP contribution in [0.15, 0.2) is 315 Å². The van der Waals surface area contributed by atoms with Crippen LogP contribution in [0.2, 0.25) is 0 Å². The molecule has 0 heterocycles. The summed E-state index contributed by atoms with van der Waals surface area (Å²) in [5, 5.41) is 0. The minimum Gasteiger partial charge on any atom is -0.311 e. The lowest BCUT2D eigenvalue weighted by Crippen LogP contribution is -2.31. The first-order chi connectivity index (χ1) is 39.3. The van der Waals surface area contributed by atoms with Crippen LogP contribution in [0.25, 0.3) is 11.1 Å². The Bertz CT molecular complexity index is 3590. The van der Waals surface area contributed by atoms with Gasteiger partial charge in [0.25, 0.3) is 0 Å². The molecule has 0 bridgehead atoms. The van der Waals surface area contributed by atoms with Crippen LogP contribution < -0.4 is 9.80 Å². The fourth-order valence-corrected chi connectivity index (χ4v) is 12.0. The van der Waals surface area contributed by atoms with Gasteiger partial charge in [-0.25, -0.2) is 0 Å². The molecule has 0 amide bonds. The third-order valence-electron chi connectivity index (χ3n) is 16.1. The fraction of sp³-hybridized carbons (Fsp3) is 0.0769. The third kappa shape index (κ3) is 9.71. The lowest BCUT2D eigenvalue weighted by Gasteiger charge is -2.37. The predicted molar refractivity (Wildman–Crippen MR) is 337 cm³/mol. The van der Waals surface area contributed by atoms with Gasteiger partial charge in [-0.05, 0) is 156 Å². The summed E-state index contributed by atoms with van der Waals surface area (Å²) in [6.07, 6.45) is 0. The van der Waals surface area contributed by atoms with E-state index in [0.717, 1.165) is 45.3 Å². The maximum Gasteiger partial charge on any atom is 0.0701 e. The highest BCUT2D eigenvalue weighted by molar-refractivity contribution is 5.82. The van der Waals surface area contributed by atoms with Crippen LogP contribution in [0.3, 0.4) is 0 Å². The Hall–Kier alpha value is -9.76. The van der Waals surface area contributed by atoms with E-state index in [-0.39, 0.29) is 0 Å². The van der Waals surface area contributed by atoms with E-state index in [1.165, 1.54) is 66.8 Å². The molecular formula is C78H64N2. The fourth-order valence-electron chi connectivity index (χ4n) is 12.0. The van der Waals surface area contributed by atoms with Crippen LogP contribution in [-0.4, -0.2) is 0 Å². The summed E-state index contributed by atoms with van der Waals surface area (Å²) in [5.74, 6) is 0. The van der Waals surface area contributed by atoms with Crippen molar-refractivity contribution < 1.29 is 0 Å². The molecule has 80 heavy (non-hydrogen) atoms. The number of nitrogens with zero attached hydrogens (tertiary/aromatic N) is 2. The molecule has 0 aliphatic heterocycles. The Morgan fingerprint density at radius 1 is 0.175 bits per heavy atom. The van der Waals surface area contributed by atoms with Gasteiger partial charge in [0, 0.05) is 34.1 Å². The van der Waals surface area contributed by atoms with Crippen LogP contribution in [0.4, 0.5) is 34.1 Å². The highest BCUT2D eigenvalue weighted by Gasteiger charge is 2.40. The Morgan fingerprint density at radius 2 is 0.338 bits per heavy atom. The van der Waals surface area contributed by atoms with Gasteiger partial charge >= 0.3 is 0 Å². The molecule has 386 valence electrons. The molecule has 0 radical (unpaired) electrons. The largest absolute Gasteiger partial charge is 0.311 e. The van der Waals surface area contributed by atoms with Crippen molar-refractivity contribution in [2.24, 2.45) is 0 Å². The molecule has 2 heteroatoms. The minimum absolute atomic E-state index is 0.539. The van der Waals surface area contributed by atoms with E-state index >= 15 is 0 Å². The molecule has 0 spiro atoms. The van der Waals surface area contributed by atoms with Crippen LogP contribution in [0.1, 0.15) is 66.8 Å². The van der Waals surface area contributed by atoms with E-state index in [1.54, 1.807) is 0 Å². The number of anilines is 6. The Labute approximate surface area is 473 Å². The van der Waals surface area contributed by atoms with Crippen molar-refractivity contribution in [3.8, 4) is 11.1 Å². The molecule has 0 saturated carbocycles. The van der Waals surface area contributed by atoms with E-state index < -0.39 is 10.8 Å². The first kappa shape index (κ1) is 51.0. The highest BCUT2D eigenvalue weighted by Crippen LogP contribution is 2.49. The van der Waals surface area contributed by atoms with E-state index in [0.29, 0.717) is 0 Å². The zero-order chi connectivity index (χ0) is 54.5. The SMILES string of the molecule is Cc1ccc(N(c2ccc(-c3ccc(N(c4ccc(C)cc4)c4ccc(C(c5ccccc5)(c5ccccc5)c5ccc(C)cc5)cc4)cc3)cc2)c2ccc(C(c3ccccc3)(c3ccccc3)c3ccc(C)cc3)cc2)cc1. The highest BCUT2D eigenvalue weighted by atomic mass is 15.1. The molecule has 12 aromatic carbocycles. The zero-order valence-electron chi connectivity index (χ0n) is 45.9. The van der Waals surface area contributed by atoms with Gasteiger partial charge in [0.2, 0.25) is 0 Å². The van der Waals surface area contributed by atoms with Crippen molar-refractivity contribution in [1.82, 2.24) is 0 Å². The standard InChI is InChI=1S/C78H64N2/c1-57-25-37-67(38-26-57)77(63-17-9-5-10-18-63,64-19-11-6-12-20-64)69-41-53-75(54-42-69)79(71-45-29-59(3)30-46-71)73-49-33-61(34-50-73)62-35-51-74(52-36-62)80(72-47-31-60(4)32-48-72)76-55-43-70(44-56-76)78(65-21-13-7-14-22-65,66-23-15-8-16-24-66)68-39-27-58(2)28-40-68/h5-56H,1-4H3. The predicted octanol–water partition coefficient (Wildman–Crippen LogP) is 20.3. The molecule has 0 aromatic heterocycles. The third-order valence-corrected chi connectivity index (χ3v) is 16.1. The molecule has 12 rings (SSSR count). The van der Waals surface area contributed by atoms with E-state index in [1.807, 2.05) is 0 Å². The van der Waals surface area contributed by atoms with Crippen molar-refractivity contribution in [1.29, 1.82) is 0 Å². The molecule has 0 fully saturated rings. The molecule has 0 atom stereocenters. The first-order valence-electron chi connectivity index (χ1n) is 27.8. The summed E-state index contributed by atoms with van der Waals surface area (Å²) < 4.78 is 0. The zero-order valence-corrected chi connectivity index (χ0v) is 45.9. The van der Waals surface area contributed by atoms with Gasteiger partial charge in [-0.15, -0.1) is 0 Å². The van der Waals surface area contributed by atoms with Gasteiger partial charge in [0.1, 0.15) is 0 Å².